The largest absolute Gasteiger partial charge is 0.373 e. The van der Waals surface area contributed by atoms with E-state index in [1.807, 2.05) is 6.92 Å². The maximum absolute atomic E-state index is 12.5. The first-order chi connectivity index (χ1) is 11.4. The van der Waals surface area contributed by atoms with Crippen molar-refractivity contribution in [1.82, 2.24) is 10.2 Å². The van der Waals surface area contributed by atoms with Gasteiger partial charge in [-0.3, -0.25) is 19.3 Å². The standard InChI is InChI=1S/C17H25N3O4/c1-17(8-18,9-2-3-9)19-12(21)6-7-20-15(22)13-10-4-5-11(24-10)14(13)16(20)23/h9-11,13-14H,2-8,18H2,1H3,(H,19,21). The Hall–Kier alpha value is -1.47. The van der Waals surface area contributed by atoms with Gasteiger partial charge in [-0.25, -0.2) is 0 Å². The number of hydrogen-bond acceptors (Lipinski definition) is 5. The lowest BCUT2D eigenvalue weighted by Gasteiger charge is -2.30. The van der Waals surface area contributed by atoms with E-state index in [0.29, 0.717) is 12.5 Å². The number of rotatable bonds is 6. The van der Waals surface area contributed by atoms with Gasteiger partial charge in [0.25, 0.3) is 0 Å². The van der Waals surface area contributed by atoms with Crippen molar-refractivity contribution in [3.05, 3.63) is 0 Å². The molecular weight excluding hydrogens is 310 g/mol. The summed E-state index contributed by atoms with van der Waals surface area (Å²) in [6, 6.07) is 0. The van der Waals surface area contributed by atoms with Crippen LogP contribution in [-0.4, -0.2) is 53.5 Å². The highest BCUT2D eigenvalue weighted by Gasteiger charge is 2.62. The Morgan fingerprint density at radius 2 is 1.79 bits per heavy atom. The minimum absolute atomic E-state index is 0.106. The first-order valence-electron chi connectivity index (χ1n) is 8.96. The fraction of sp³-hybridized carbons (Fsp3) is 0.824. The highest BCUT2D eigenvalue weighted by atomic mass is 16.5. The third kappa shape index (κ3) is 2.37. The Kier molecular flexibility index (Phi) is 3.69. The van der Waals surface area contributed by atoms with Crippen LogP contribution in [0.3, 0.4) is 0 Å². The molecule has 5 atom stereocenters. The third-order valence-electron chi connectivity index (χ3n) is 6.27. The van der Waals surface area contributed by atoms with E-state index in [2.05, 4.69) is 5.32 Å². The average molecular weight is 335 g/mol. The third-order valence-corrected chi connectivity index (χ3v) is 6.27. The van der Waals surface area contributed by atoms with Crippen LogP contribution in [0.2, 0.25) is 0 Å². The number of amides is 3. The minimum Gasteiger partial charge on any atom is -0.373 e. The van der Waals surface area contributed by atoms with Crippen LogP contribution in [0, 0.1) is 17.8 Å². The van der Waals surface area contributed by atoms with Crippen molar-refractivity contribution in [3.63, 3.8) is 0 Å². The normalized spacial score (nSPS) is 36.8. The smallest absolute Gasteiger partial charge is 0.235 e. The Morgan fingerprint density at radius 3 is 2.29 bits per heavy atom. The van der Waals surface area contributed by atoms with E-state index in [9.17, 15) is 14.4 Å². The summed E-state index contributed by atoms with van der Waals surface area (Å²) in [6.45, 7) is 2.52. The van der Waals surface area contributed by atoms with Gasteiger partial charge in [0.1, 0.15) is 0 Å². The molecule has 4 rings (SSSR count). The van der Waals surface area contributed by atoms with Crippen molar-refractivity contribution in [2.75, 3.05) is 13.1 Å². The lowest BCUT2D eigenvalue weighted by Crippen LogP contribution is -2.53. The van der Waals surface area contributed by atoms with Crippen LogP contribution in [-0.2, 0) is 19.1 Å². The maximum atomic E-state index is 12.5. The molecule has 1 saturated carbocycles. The molecule has 132 valence electrons. The van der Waals surface area contributed by atoms with Gasteiger partial charge in [-0.05, 0) is 38.5 Å². The zero-order valence-electron chi connectivity index (χ0n) is 14.0. The summed E-state index contributed by atoms with van der Waals surface area (Å²) >= 11 is 0. The summed E-state index contributed by atoms with van der Waals surface area (Å²) in [4.78, 5) is 38.6. The molecule has 7 nitrogen and oxygen atoms in total. The van der Waals surface area contributed by atoms with E-state index in [4.69, 9.17) is 10.5 Å². The number of nitrogens with zero attached hydrogens (tertiary/aromatic N) is 1. The van der Waals surface area contributed by atoms with E-state index in [1.54, 1.807) is 0 Å². The summed E-state index contributed by atoms with van der Waals surface area (Å²) in [5.41, 5.74) is 5.44. The van der Waals surface area contributed by atoms with Crippen LogP contribution in [0.5, 0.6) is 0 Å². The molecule has 0 aromatic carbocycles. The van der Waals surface area contributed by atoms with E-state index >= 15 is 0 Å². The van der Waals surface area contributed by atoms with Crippen LogP contribution in [0.1, 0.15) is 39.0 Å². The molecule has 0 spiro atoms. The van der Waals surface area contributed by atoms with Crippen LogP contribution >= 0.6 is 0 Å². The molecule has 0 aromatic rings. The fourth-order valence-corrected chi connectivity index (χ4v) is 4.63. The SMILES string of the molecule is CC(CN)(NC(=O)CCN1C(=O)C2C3CCC(O3)C2C1=O)C1CC1. The molecule has 4 aliphatic rings. The molecule has 0 aromatic heterocycles. The van der Waals surface area contributed by atoms with Crippen molar-refractivity contribution in [2.45, 2.75) is 56.8 Å². The second-order valence-corrected chi connectivity index (χ2v) is 7.86. The molecule has 3 amide bonds. The van der Waals surface area contributed by atoms with Gasteiger partial charge in [0, 0.05) is 19.5 Å². The predicted molar refractivity (Wildman–Crippen MR) is 84.5 cm³/mol. The van der Waals surface area contributed by atoms with E-state index < -0.39 is 0 Å². The Labute approximate surface area is 141 Å². The zero-order valence-corrected chi connectivity index (χ0v) is 14.0. The Bertz CT molecular complexity index is 562. The number of ether oxygens (including phenoxy) is 1. The first-order valence-corrected chi connectivity index (χ1v) is 8.96. The van der Waals surface area contributed by atoms with Gasteiger partial charge in [-0.1, -0.05) is 0 Å². The van der Waals surface area contributed by atoms with Crippen molar-refractivity contribution in [3.8, 4) is 0 Å². The summed E-state index contributed by atoms with van der Waals surface area (Å²) in [5, 5.41) is 3.00. The van der Waals surface area contributed by atoms with E-state index in [1.165, 1.54) is 4.90 Å². The van der Waals surface area contributed by atoms with Crippen molar-refractivity contribution in [2.24, 2.45) is 23.5 Å². The van der Waals surface area contributed by atoms with Gasteiger partial charge in [-0.15, -0.1) is 0 Å². The quantitative estimate of drug-likeness (QED) is 0.654. The molecule has 2 bridgehead atoms. The molecular formula is C17H25N3O4. The summed E-state index contributed by atoms with van der Waals surface area (Å²) < 4.78 is 5.71. The number of likely N-dealkylation sites (tertiary alicyclic amines) is 1. The molecule has 0 radical (unpaired) electrons. The van der Waals surface area contributed by atoms with E-state index in [-0.39, 0.29) is 60.3 Å². The highest BCUT2D eigenvalue weighted by molar-refractivity contribution is 6.06. The van der Waals surface area contributed by atoms with Crippen LogP contribution in [0.25, 0.3) is 0 Å². The molecule has 3 saturated heterocycles. The topological polar surface area (TPSA) is 102 Å². The summed E-state index contributed by atoms with van der Waals surface area (Å²) in [7, 11) is 0. The number of nitrogens with two attached hydrogens (primary N) is 1. The molecule has 3 aliphatic heterocycles. The van der Waals surface area contributed by atoms with Crippen LogP contribution in [0.4, 0.5) is 0 Å². The molecule has 24 heavy (non-hydrogen) atoms. The monoisotopic (exact) mass is 335 g/mol. The maximum Gasteiger partial charge on any atom is 0.235 e. The number of imide groups is 1. The minimum atomic E-state index is -0.375. The Morgan fingerprint density at radius 1 is 1.21 bits per heavy atom. The highest BCUT2D eigenvalue weighted by Crippen LogP contribution is 2.48. The lowest BCUT2D eigenvalue weighted by atomic mass is 9.81. The van der Waals surface area contributed by atoms with Crippen molar-refractivity contribution in [1.29, 1.82) is 0 Å². The second-order valence-electron chi connectivity index (χ2n) is 7.86. The van der Waals surface area contributed by atoms with Gasteiger partial charge < -0.3 is 15.8 Å². The van der Waals surface area contributed by atoms with Crippen LogP contribution in [0.15, 0.2) is 0 Å². The molecule has 3 N–H and O–H groups in total. The summed E-state index contributed by atoms with van der Waals surface area (Å²) in [5.74, 6) is -0.664. The van der Waals surface area contributed by atoms with E-state index in [0.717, 1.165) is 25.7 Å². The molecule has 3 heterocycles. The first kappa shape index (κ1) is 16.0. The lowest BCUT2D eigenvalue weighted by molar-refractivity contribution is -0.142. The zero-order chi connectivity index (χ0) is 17.1. The van der Waals surface area contributed by atoms with Gasteiger partial charge >= 0.3 is 0 Å². The predicted octanol–water partition coefficient (Wildman–Crippen LogP) is -0.217. The van der Waals surface area contributed by atoms with Gasteiger partial charge in [0.2, 0.25) is 17.7 Å². The average Bonchev–Trinajstić information content (AvgIpc) is 3.16. The van der Waals surface area contributed by atoms with Gasteiger partial charge in [-0.2, -0.15) is 0 Å². The molecule has 4 fully saturated rings. The number of carbonyl (C=O) groups excluding carboxylic acids is 3. The van der Waals surface area contributed by atoms with Crippen molar-refractivity contribution >= 4 is 17.7 Å². The van der Waals surface area contributed by atoms with Gasteiger partial charge in [0.05, 0.1) is 29.6 Å². The Balaban J connectivity index is 1.35. The second kappa shape index (κ2) is 5.52. The number of carbonyl (C=O) groups is 3. The number of nitrogens with one attached hydrogen (secondary N) is 1. The molecule has 5 unspecified atom stereocenters. The van der Waals surface area contributed by atoms with Gasteiger partial charge in [0.15, 0.2) is 0 Å². The van der Waals surface area contributed by atoms with Crippen molar-refractivity contribution < 1.29 is 19.1 Å². The summed E-state index contributed by atoms with van der Waals surface area (Å²) in [6.07, 6.45) is 3.81. The number of fused-ring (bicyclic) bond motifs is 5. The fourth-order valence-electron chi connectivity index (χ4n) is 4.63. The molecule has 1 aliphatic carbocycles. The molecule has 7 heteroatoms. The van der Waals surface area contributed by atoms with Crippen LogP contribution < -0.4 is 11.1 Å². The number of hydrogen-bond donors (Lipinski definition) is 2.